The average Bonchev–Trinajstić information content (AvgIpc) is 3.22. The Labute approximate surface area is 183 Å². The first kappa shape index (κ1) is 21.4. The van der Waals surface area contributed by atoms with Crippen LogP contribution in [0.15, 0.2) is 52.3 Å². The number of halogens is 2. The molecule has 0 bridgehead atoms. The SMILES string of the molecule is Cc1c(=O)n(Cc2ccc(F)c(F)c2)c(=O)n2cc(C(=O)NCc3ccnc(N)c3)sc12. The van der Waals surface area contributed by atoms with E-state index in [2.05, 4.69) is 10.3 Å². The van der Waals surface area contributed by atoms with E-state index in [0.717, 1.165) is 33.6 Å². The first-order valence-electron chi connectivity index (χ1n) is 9.42. The standard InChI is InChI=1S/C21H17F2N5O3S/c1-11-19(30)27(9-13-2-3-14(22)15(23)6-13)21(31)28-10-16(32-20(11)28)18(29)26-8-12-4-5-25-17(24)7-12/h2-7,10H,8-9H2,1H3,(H2,24,25)(H,26,29). The number of rotatable bonds is 5. The highest BCUT2D eigenvalue weighted by atomic mass is 32.1. The fourth-order valence-corrected chi connectivity index (χ4v) is 4.21. The third-order valence-electron chi connectivity index (χ3n) is 4.84. The summed E-state index contributed by atoms with van der Waals surface area (Å²) in [5.41, 5.74) is 5.65. The summed E-state index contributed by atoms with van der Waals surface area (Å²) in [5, 5.41) is 2.73. The number of pyridine rings is 1. The van der Waals surface area contributed by atoms with E-state index in [0.29, 0.717) is 10.6 Å². The molecule has 3 aromatic heterocycles. The van der Waals surface area contributed by atoms with E-state index in [1.54, 1.807) is 12.1 Å². The normalized spacial score (nSPS) is 11.1. The summed E-state index contributed by atoms with van der Waals surface area (Å²) in [4.78, 5) is 42.7. The number of nitrogen functional groups attached to an aromatic ring is 1. The first-order chi connectivity index (χ1) is 15.2. The molecule has 8 nitrogen and oxygen atoms in total. The lowest BCUT2D eigenvalue weighted by atomic mass is 10.2. The van der Waals surface area contributed by atoms with Crippen LogP contribution in [-0.2, 0) is 13.1 Å². The lowest BCUT2D eigenvalue weighted by molar-refractivity contribution is 0.0954. The molecule has 0 unspecified atom stereocenters. The number of benzene rings is 1. The molecule has 0 aliphatic rings. The first-order valence-corrected chi connectivity index (χ1v) is 10.2. The van der Waals surface area contributed by atoms with Crippen molar-refractivity contribution in [3.8, 4) is 0 Å². The number of amides is 1. The minimum atomic E-state index is -1.07. The maximum Gasteiger partial charge on any atom is 0.336 e. The van der Waals surface area contributed by atoms with E-state index in [9.17, 15) is 23.2 Å². The van der Waals surface area contributed by atoms with Gasteiger partial charge in [0.2, 0.25) is 0 Å². The summed E-state index contributed by atoms with van der Waals surface area (Å²) in [6.45, 7) is 1.51. The second-order valence-electron chi connectivity index (χ2n) is 7.09. The third kappa shape index (κ3) is 4.02. The summed E-state index contributed by atoms with van der Waals surface area (Å²) in [5.74, 6) is -2.19. The average molecular weight is 457 g/mol. The minimum absolute atomic E-state index is 0.205. The zero-order valence-corrected chi connectivity index (χ0v) is 17.6. The molecule has 0 saturated carbocycles. The number of fused-ring (bicyclic) bond motifs is 1. The molecule has 0 aliphatic heterocycles. The fraction of sp³-hybridized carbons (Fsp3) is 0.143. The van der Waals surface area contributed by atoms with E-state index in [1.165, 1.54) is 29.8 Å². The van der Waals surface area contributed by atoms with Gasteiger partial charge in [0.25, 0.3) is 11.5 Å². The molecule has 164 valence electrons. The molecule has 0 spiro atoms. The molecule has 32 heavy (non-hydrogen) atoms. The molecule has 4 rings (SSSR count). The van der Waals surface area contributed by atoms with Crippen LogP contribution in [0.1, 0.15) is 26.4 Å². The molecule has 1 amide bonds. The van der Waals surface area contributed by atoms with Crippen LogP contribution in [0.3, 0.4) is 0 Å². The molecule has 11 heteroatoms. The van der Waals surface area contributed by atoms with Crippen LogP contribution < -0.4 is 22.3 Å². The number of hydrogen-bond donors (Lipinski definition) is 2. The van der Waals surface area contributed by atoms with E-state index < -0.39 is 28.8 Å². The van der Waals surface area contributed by atoms with E-state index in [1.807, 2.05) is 0 Å². The number of anilines is 1. The topological polar surface area (TPSA) is 111 Å². The van der Waals surface area contributed by atoms with Crippen molar-refractivity contribution < 1.29 is 13.6 Å². The zero-order valence-electron chi connectivity index (χ0n) is 16.8. The van der Waals surface area contributed by atoms with Gasteiger partial charge in [0.05, 0.1) is 6.54 Å². The summed E-state index contributed by atoms with van der Waals surface area (Å²) in [6.07, 6.45) is 2.88. The van der Waals surface area contributed by atoms with Crippen molar-refractivity contribution in [3.63, 3.8) is 0 Å². The summed E-state index contributed by atoms with van der Waals surface area (Å²) in [7, 11) is 0. The van der Waals surface area contributed by atoms with Gasteiger partial charge in [0, 0.05) is 24.5 Å². The van der Waals surface area contributed by atoms with Gasteiger partial charge in [-0.15, -0.1) is 11.3 Å². The fourth-order valence-electron chi connectivity index (χ4n) is 3.20. The van der Waals surface area contributed by atoms with Gasteiger partial charge < -0.3 is 11.1 Å². The third-order valence-corrected chi connectivity index (χ3v) is 6.05. The predicted octanol–water partition coefficient (Wildman–Crippen LogP) is 2.06. The van der Waals surface area contributed by atoms with Crippen LogP contribution >= 0.6 is 11.3 Å². The highest BCUT2D eigenvalue weighted by molar-refractivity contribution is 7.19. The number of aromatic nitrogens is 3. The van der Waals surface area contributed by atoms with Crippen LogP contribution in [0.4, 0.5) is 14.6 Å². The molecule has 3 N–H and O–H groups in total. The largest absolute Gasteiger partial charge is 0.384 e. The molecule has 3 heterocycles. The van der Waals surface area contributed by atoms with Crippen molar-refractivity contribution in [1.82, 2.24) is 19.3 Å². The molecule has 1 aromatic carbocycles. The Bertz CT molecular complexity index is 1470. The Morgan fingerprint density at radius 3 is 2.66 bits per heavy atom. The summed E-state index contributed by atoms with van der Waals surface area (Å²) in [6, 6.07) is 6.50. The van der Waals surface area contributed by atoms with Gasteiger partial charge in [-0.05, 0) is 42.3 Å². The summed E-state index contributed by atoms with van der Waals surface area (Å²) >= 11 is 1.01. The van der Waals surface area contributed by atoms with Crippen LogP contribution in [-0.4, -0.2) is 19.9 Å². The van der Waals surface area contributed by atoms with Crippen molar-refractivity contribution in [3.05, 3.63) is 96.8 Å². The molecule has 4 aromatic rings. The van der Waals surface area contributed by atoms with Crippen LogP contribution in [0, 0.1) is 18.6 Å². The second kappa shape index (κ2) is 8.35. The van der Waals surface area contributed by atoms with Gasteiger partial charge in [-0.2, -0.15) is 0 Å². The van der Waals surface area contributed by atoms with Crippen molar-refractivity contribution in [1.29, 1.82) is 0 Å². The van der Waals surface area contributed by atoms with Gasteiger partial charge in [-0.3, -0.25) is 18.6 Å². The molecule has 0 atom stereocenters. The number of nitrogens with one attached hydrogen (secondary N) is 1. The lowest BCUT2D eigenvalue weighted by Crippen LogP contribution is -2.38. The Morgan fingerprint density at radius 2 is 1.94 bits per heavy atom. The second-order valence-corrected chi connectivity index (χ2v) is 8.12. The van der Waals surface area contributed by atoms with Crippen LogP contribution in [0.5, 0.6) is 0 Å². The highest BCUT2D eigenvalue weighted by Crippen LogP contribution is 2.18. The number of thiazole rings is 1. The van der Waals surface area contributed by atoms with Gasteiger partial charge in [-0.25, -0.2) is 18.6 Å². The van der Waals surface area contributed by atoms with E-state index in [-0.39, 0.29) is 29.1 Å². The molecule has 0 saturated heterocycles. The quantitative estimate of drug-likeness (QED) is 0.477. The number of nitrogens with zero attached hydrogens (tertiary/aromatic N) is 3. The number of carbonyl (C=O) groups excluding carboxylic acids is 1. The smallest absolute Gasteiger partial charge is 0.336 e. The lowest BCUT2D eigenvalue weighted by Gasteiger charge is -2.08. The highest BCUT2D eigenvalue weighted by Gasteiger charge is 2.18. The van der Waals surface area contributed by atoms with Crippen molar-refractivity contribution in [2.24, 2.45) is 0 Å². The number of nitrogens with two attached hydrogens (primary N) is 1. The zero-order chi connectivity index (χ0) is 23.0. The van der Waals surface area contributed by atoms with Gasteiger partial charge >= 0.3 is 5.69 Å². The summed E-state index contributed by atoms with van der Waals surface area (Å²) < 4.78 is 28.8. The van der Waals surface area contributed by atoms with Crippen molar-refractivity contribution in [2.75, 3.05) is 5.73 Å². The Kier molecular flexibility index (Phi) is 5.57. The Balaban J connectivity index is 1.66. The van der Waals surface area contributed by atoms with Gasteiger partial charge in [0.15, 0.2) is 11.6 Å². The van der Waals surface area contributed by atoms with Crippen molar-refractivity contribution in [2.45, 2.75) is 20.0 Å². The molecule has 0 radical (unpaired) electrons. The monoisotopic (exact) mass is 457 g/mol. The minimum Gasteiger partial charge on any atom is -0.384 e. The van der Waals surface area contributed by atoms with Gasteiger partial charge in [0.1, 0.15) is 15.5 Å². The maximum absolute atomic E-state index is 13.5. The number of carbonyl (C=O) groups is 1. The molecular weight excluding hydrogens is 440 g/mol. The van der Waals surface area contributed by atoms with Gasteiger partial charge in [-0.1, -0.05) is 6.07 Å². The number of hydrogen-bond acceptors (Lipinski definition) is 6. The Morgan fingerprint density at radius 1 is 1.16 bits per heavy atom. The molecular formula is C21H17F2N5O3S. The van der Waals surface area contributed by atoms with E-state index in [4.69, 9.17) is 5.73 Å². The molecule has 0 aliphatic carbocycles. The van der Waals surface area contributed by atoms with E-state index >= 15 is 0 Å². The molecule has 0 fully saturated rings. The number of aryl methyl sites for hydroxylation is 1. The maximum atomic E-state index is 13.5. The van der Waals surface area contributed by atoms with Crippen LogP contribution in [0.2, 0.25) is 0 Å². The van der Waals surface area contributed by atoms with Crippen LogP contribution in [0.25, 0.3) is 4.83 Å². The predicted molar refractivity (Wildman–Crippen MR) is 116 cm³/mol. The Hall–Kier alpha value is -3.86. The van der Waals surface area contributed by atoms with Crippen molar-refractivity contribution >= 4 is 27.9 Å².